The Morgan fingerprint density at radius 2 is 1.72 bits per heavy atom. The van der Waals surface area contributed by atoms with Crippen LogP contribution in [0.25, 0.3) is 5.69 Å². The number of carbonyl (C=O) groups excluding carboxylic acids is 2. The highest BCUT2D eigenvalue weighted by Gasteiger charge is 2.17. The zero-order valence-electron chi connectivity index (χ0n) is 13.7. The molecule has 2 N–H and O–H groups in total. The number of hydrogen-bond donors (Lipinski definition) is 2. The predicted octanol–water partition coefficient (Wildman–Crippen LogP) is 2.90. The third kappa shape index (κ3) is 3.30. The molecule has 0 saturated carbocycles. The predicted molar refractivity (Wildman–Crippen MR) is 88.8 cm³/mol. The third-order valence-corrected chi connectivity index (χ3v) is 3.83. The number of rotatable bonds is 3. The van der Waals surface area contributed by atoms with E-state index in [-0.39, 0.29) is 5.82 Å². The second-order valence-electron chi connectivity index (χ2n) is 5.52. The molecule has 0 spiro atoms. The Morgan fingerprint density at radius 3 is 2.36 bits per heavy atom. The number of carbonyl (C=O) groups is 2. The van der Waals surface area contributed by atoms with Gasteiger partial charge in [-0.3, -0.25) is 20.4 Å². The Bertz CT molecular complexity index is 912. The largest absolute Gasteiger partial charge is 0.472 e. The van der Waals surface area contributed by atoms with Crippen LogP contribution >= 0.6 is 0 Å². The maximum atomic E-state index is 13.1. The lowest BCUT2D eigenvalue weighted by atomic mass is 10.2. The average Bonchev–Trinajstić information content (AvgIpc) is 3.22. The summed E-state index contributed by atoms with van der Waals surface area (Å²) < 4.78 is 19.8. The van der Waals surface area contributed by atoms with Crippen LogP contribution in [0.5, 0.6) is 0 Å². The van der Waals surface area contributed by atoms with Crippen molar-refractivity contribution in [2.75, 3.05) is 0 Å². The van der Waals surface area contributed by atoms with Crippen LogP contribution in [0.3, 0.4) is 0 Å². The van der Waals surface area contributed by atoms with E-state index in [9.17, 15) is 14.0 Å². The second-order valence-corrected chi connectivity index (χ2v) is 5.52. The lowest BCUT2D eigenvalue weighted by Crippen LogP contribution is -2.41. The molecule has 2 aromatic heterocycles. The number of furan rings is 1. The number of amides is 2. The Morgan fingerprint density at radius 1 is 1.04 bits per heavy atom. The third-order valence-electron chi connectivity index (χ3n) is 3.83. The highest BCUT2D eigenvalue weighted by molar-refractivity contribution is 5.99. The lowest BCUT2D eigenvalue weighted by molar-refractivity contribution is 0.0846. The molecule has 2 amide bonds. The number of aromatic nitrogens is 1. The molecule has 128 valence electrons. The van der Waals surface area contributed by atoms with E-state index < -0.39 is 11.8 Å². The van der Waals surface area contributed by atoms with E-state index in [2.05, 4.69) is 10.9 Å². The summed E-state index contributed by atoms with van der Waals surface area (Å²) in [6.45, 7) is 3.63. The SMILES string of the molecule is Cc1cc(C(=O)NNC(=O)c2ccoc2)c(C)n1-c1ccc(F)cc1. The topological polar surface area (TPSA) is 76.3 Å². The molecule has 3 rings (SSSR count). The summed E-state index contributed by atoms with van der Waals surface area (Å²) in [5.41, 5.74) is 7.66. The van der Waals surface area contributed by atoms with Gasteiger partial charge in [0.15, 0.2) is 0 Å². The molecule has 0 fully saturated rings. The summed E-state index contributed by atoms with van der Waals surface area (Å²) >= 11 is 0. The minimum atomic E-state index is -0.477. The molecule has 1 aromatic carbocycles. The summed E-state index contributed by atoms with van der Waals surface area (Å²) in [5.74, 6) is -1.25. The Kier molecular flexibility index (Phi) is 4.38. The number of hydrogen-bond acceptors (Lipinski definition) is 3. The molecule has 6 nitrogen and oxygen atoms in total. The van der Waals surface area contributed by atoms with Gasteiger partial charge in [-0.2, -0.15) is 0 Å². The zero-order valence-corrected chi connectivity index (χ0v) is 13.7. The molecule has 25 heavy (non-hydrogen) atoms. The molecule has 0 aliphatic rings. The first-order chi connectivity index (χ1) is 12.0. The van der Waals surface area contributed by atoms with Gasteiger partial charge in [-0.15, -0.1) is 0 Å². The van der Waals surface area contributed by atoms with E-state index in [0.717, 1.165) is 11.4 Å². The maximum absolute atomic E-state index is 13.1. The van der Waals surface area contributed by atoms with Gasteiger partial charge in [0, 0.05) is 17.1 Å². The van der Waals surface area contributed by atoms with Crippen LogP contribution in [-0.2, 0) is 0 Å². The molecular weight excluding hydrogens is 325 g/mol. The second kappa shape index (κ2) is 6.64. The molecule has 2 heterocycles. The highest BCUT2D eigenvalue weighted by atomic mass is 19.1. The van der Waals surface area contributed by atoms with Gasteiger partial charge in [-0.05, 0) is 50.2 Å². The maximum Gasteiger partial charge on any atom is 0.272 e. The van der Waals surface area contributed by atoms with Gasteiger partial charge in [0.2, 0.25) is 0 Å². The number of nitrogens with zero attached hydrogens (tertiary/aromatic N) is 1. The van der Waals surface area contributed by atoms with Gasteiger partial charge in [0.25, 0.3) is 11.8 Å². The molecule has 0 aliphatic heterocycles. The Labute approximate surface area is 143 Å². The Balaban J connectivity index is 1.78. The average molecular weight is 341 g/mol. The standard InChI is InChI=1S/C18H16FN3O3/c1-11-9-16(12(2)22(11)15-5-3-14(19)4-6-15)18(24)21-20-17(23)13-7-8-25-10-13/h3-10H,1-2H3,(H,20,23)(H,21,24). The van der Waals surface area contributed by atoms with E-state index in [1.165, 1.54) is 30.7 Å². The van der Waals surface area contributed by atoms with Crippen LogP contribution in [-0.4, -0.2) is 16.4 Å². The number of nitrogens with one attached hydrogen (secondary N) is 2. The monoisotopic (exact) mass is 341 g/mol. The summed E-state index contributed by atoms with van der Waals surface area (Å²) in [7, 11) is 0. The van der Waals surface area contributed by atoms with Crippen LogP contribution in [0.4, 0.5) is 4.39 Å². The molecule has 0 unspecified atom stereocenters. The number of benzene rings is 1. The molecule has 0 aliphatic carbocycles. The normalized spacial score (nSPS) is 10.5. The van der Waals surface area contributed by atoms with Crippen molar-refractivity contribution in [2.24, 2.45) is 0 Å². The molecular formula is C18H16FN3O3. The Hall–Kier alpha value is -3.35. The van der Waals surface area contributed by atoms with E-state index in [1.54, 1.807) is 25.1 Å². The van der Waals surface area contributed by atoms with Gasteiger partial charge in [0.1, 0.15) is 12.1 Å². The van der Waals surface area contributed by atoms with Crippen LogP contribution in [0.1, 0.15) is 32.1 Å². The summed E-state index contributed by atoms with van der Waals surface area (Å²) in [4.78, 5) is 24.2. The van der Waals surface area contributed by atoms with Gasteiger partial charge in [0.05, 0.1) is 17.4 Å². The van der Waals surface area contributed by atoms with Crippen molar-refractivity contribution < 1.29 is 18.4 Å². The molecule has 0 bridgehead atoms. The fourth-order valence-electron chi connectivity index (χ4n) is 2.63. The van der Waals surface area contributed by atoms with Gasteiger partial charge in [-0.1, -0.05) is 0 Å². The van der Waals surface area contributed by atoms with E-state index >= 15 is 0 Å². The minimum Gasteiger partial charge on any atom is -0.472 e. The number of hydrazine groups is 1. The first-order valence-electron chi connectivity index (χ1n) is 7.55. The van der Waals surface area contributed by atoms with Crippen molar-refractivity contribution in [2.45, 2.75) is 13.8 Å². The fraction of sp³-hybridized carbons (Fsp3) is 0.111. The zero-order chi connectivity index (χ0) is 18.0. The summed E-state index contributed by atoms with van der Waals surface area (Å²) in [6, 6.07) is 9.19. The van der Waals surface area contributed by atoms with E-state index in [4.69, 9.17) is 4.42 Å². The van der Waals surface area contributed by atoms with Crippen molar-refractivity contribution in [3.63, 3.8) is 0 Å². The quantitative estimate of drug-likeness (QED) is 0.719. The van der Waals surface area contributed by atoms with Crippen LogP contribution in [0.2, 0.25) is 0 Å². The van der Waals surface area contributed by atoms with Gasteiger partial charge >= 0.3 is 0 Å². The van der Waals surface area contributed by atoms with Crippen LogP contribution in [0.15, 0.2) is 53.3 Å². The molecule has 0 saturated heterocycles. The van der Waals surface area contributed by atoms with Crippen molar-refractivity contribution in [1.29, 1.82) is 0 Å². The van der Waals surface area contributed by atoms with Gasteiger partial charge < -0.3 is 8.98 Å². The minimum absolute atomic E-state index is 0.303. The van der Waals surface area contributed by atoms with Crippen molar-refractivity contribution >= 4 is 11.8 Å². The molecule has 0 radical (unpaired) electrons. The van der Waals surface area contributed by atoms with Crippen LogP contribution < -0.4 is 10.9 Å². The number of halogens is 1. The first-order valence-corrected chi connectivity index (χ1v) is 7.55. The first kappa shape index (κ1) is 16.5. The van der Waals surface area contributed by atoms with E-state index in [0.29, 0.717) is 16.8 Å². The summed E-state index contributed by atoms with van der Waals surface area (Å²) in [5, 5.41) is 0. The molecule has 3 aromatic rings. The lowest BCUT2D eigenvalue weighted by Gasteiger charge is -2.10. The van der Waals surface area contributed by atoms with Crippen molar-refractivity contribution in [1.82, 2.24) is 15.4 Å². The number of aryl methyl sites for hydroxylation is 1. The smallest absolute Gasteiger partial charge is 0.272 e. The molecule has 0 atom stereocenters. The highest BCUT2D eigenvalue weighted by Crippen LogP contribution is 2.21. The summed E-state index contributed by atoms with van der Waals surface area (Å²) in [6.07, 6.45) is 2.65. The fourth-order valence-corrected chi connectivity index (χ4v) is 2.63. The van der Waals surface area contributed by atoms with E-state index in [1.807, 2.05) is 11.5 Å². The van der Waals surface area contributed by atoms with Crippen LogP contribution in [0, 0.1) is 19.7 Å². The van der Waals surface area contributed by atoms with Crippen molar-refractivity contribution in [3.8, 4) is 5.69 Å². The molecule has 7 heteroatoms. The van der Waals surface area contributed by atoms with Crippen molar-refractivity contribution in [3.05, 3.63) is 77.3 Å². The van der Waals surface area contributed by atoms with Gasteiger partial charge in [-0.25, -0.2) is 4.39 Å².